The van der Waals surface area contributed by atoms with Crippen LogP contribution in [0.15, 0.2) is 48.8 Å². The van der Waals surface area contributed by atoms with Gasteiger partial charge in [-0.15, -0.1) is 5.10 Å². The van der Waals surface area contributed by atoms with E-state index in [1.165, 1.54) is 29.2 Å². The molecule has 0 aliphatic carbocycles. The maximum Gasteiger partial charge on any atom is 0.224 e. The van der Waals surface area contributed by atoms with Crippen molar-refractivity contribution in [3.8, 4) is 11.4 Å². The van der Waals surface area contributed by atoms with Crippen molar-refractivity contribution in [2.24, 2.45) is 0 Å². The van der Waals surface area contributed by atoms with E-state index in [1.54, 1.807) is 0 Å². The van der Waals surface area contributed by atoms with Crippen LogP contribution < -0.4 is 10.1 Å². The van der Waals surface area contributed by atoms with Crippen LogP contribution in [0.3, 0.4) is 0 Å². The van der Waals surface area contributed by atoms with Crippen molar-refractivity contribution in [3.63, 3.8) is 0 Å². The van der Waals surface area contributed by atoms with E-state index in [2.05, 4.69) is 20.8 Å². The van der Waals surface area contributed by atoms with Crippen molar-refractivity contribution in [2.75, 3.05) is 11.9 Å². The lowest BCUT2D eigenvalue weighted by atomic mass is 10.2. The predicted molar refractivity (Wildman–Crippen MR) is 98.3 cm³/mol. The number of halogens is 1. The molecule has 0 spiro atoms. The number of aromatic nitrogens is 4. The summed E-state index contributed by atoms with van der Waals surface area (Å²) in [7, 11) is 0. The van der Waals surface area contributed by atoms with Crippen molar-refractivity contribution >= 4 is 11.6 Å². The minimum atomic E-state index is -0.511. The van der Waals surface area contributed by atoms with Gasteiger partial charge in [0, 0.05) is 6.42 Å². The van der Waals surface area contributed by atoms with Crippen LogP contribution in [0.1, 0.15) is 24.8 Å². The number of nitrogens with one attached hydrogen (secondary N) is 1. The van der Waals surface area contributed by atoms with E-state index < -0.39 is 5.82 Å². The van der Waals surface area contributed by atoms with Crippen LogP contribution in [-0.2, 0) is 4.79 Å². The van der Waals surface area contributed by atoms with Gasteiger partial charge in [-0.25, -0.2) is 9.07 Å². The number of carbonyl (C=O) groups is 1. The highest BCUT2D eigenvalue weighted by molar-refractivity contribution is 5.91. The summed E-state index contributed by atoms with van der Waals surface area (Å²) in [6.45, 7) is 2.53. The highest BCUT2D eigenvalue weighted by atomic mass is 19.1. The smallest absolute Gasteiger partial charge is 0.224 e. The molecule has 1 heterocycles. The fourth-order valence-electron chi connectivity index (χ4n) is 2.53. The fourth-order valence-corrected chi connectivity index (χ4v) is 2.53. The molecule has 3 aromatic rings. The second-order valence-corrected chi connectivity index (χ2v) is 6.09. The molecule has 8 heteroatoms. The number of benzene rings is 2. The highest BCUT2D eigenvalue weighted by Gasteiger charge is 2.09. The lowest BCUT2D eigenvalue weighted by Gasteiger charge is -2.09. The van der Waals surface area contributed by atoms with Crippen molar-refractivity contribution in [3.05, 3.63) is 60.2 Å². The second-order valence-electron chi connectivity index (χ2n) is 6.09. The van der Waals surface area contributed by atoms with Crippen LogP contribution >= 0.6 is 0 Å². The van der Waals surface area contributed by atoms with Gasteiger partial charge >= 0.3 is 0 Å². The van der Waals surface area contributed by atoms with E-state index in [1.807, 2.05) is 31.2 Å². The average molecular weight is 369 g/mol. The standard InChI is InChI=1S/C19H20FN5O2/c1-14-5-4-6-16(11-14)27-10-3-2-7-19(26)22-18-12-15(8-9-17(18)20)25-13-21-23-24-25/h4-6,8-9,11-13H,2-3,7,10H2,1H3,(H,22,26). The first-order valence-electron chi connectivity index (χ1n) is 8.64. The number of ether oxygens (including phenoxy) is 1. The number of hydrogen-bond donors (Lipinski definition) is 1. The molecule has 0 aliphatic rings. The Balaban J connectivity index is 1.45. The number of nitrogens with zero attached hydrogens (tertiary/aromatic N) is 4. The molecule has 0 unspecified atom stereocenters. The van der Waals surface area contributed by atoms with E-state index >= 15 is 0 Å². The SMILES string of the molecule is Cc1cccc(OCCCCC(=O)Nc2cc(-n3cnnn3)ccc2F)c1. The van der Waals surface area contributed by atoms with Gasteiger partial charge in [0.15, 0.2) is 0 Å². The largest absolute Gasteiger partial charge is 0.494 e. The summed E-state index contributed by atoms with van der Waals surface area (Å²) in [6.07, 6.45) is 3.05. The third kappa shape index (κ3) is 5.34. The normalized spacial score (nSPS) is 10.6. The first-order chi connectivity index (χ1) is 13.1. The molecule has 1 N–H and O–H groups in total. The molecule has 0 fully saturated rings. The Morgan fingerprint density at radius 1 is 1.22 bits per heavy atom. The molecule has 7 nitrogen and oxygen atoms in total. The Labute approximate surface area is 156 Å². The third-order valence-corrected chi connectivity index (χ3v) is 3.89. The van der Waals surface area contributed by atoms with Crippen molar-refractivity contribution in [1.82, 2.24) is 20.2 Å². The molecule has 3 rings (SSSR count). The summed E-state index contributed by atoms with van der Waals surface area (Å²) in [5, 5.41) is 13.4. The summed E-state index contributed by atoms with van der Waals surface area (Å²) in [5.41, 5.74) is 1.80. The molecule has 1 aromatic heterocycles. The van der Waals surface area contributed by atoms with E-state index in [0.717, 1.165) is 17.7 Å². The van der Waals surface area contributed by atoms with Crippen LogP contribution in [0.25, 0.3) is 5.69 Å². The lowest BCUT2D eigenvalue weighted by molar-refractivity contribution is -0.116. The lowest BCUT2D eigenvalue weighted by Crippen LogP contribution is -2.13. The zero-order valence-electron chi connectivity index (χ0n) is 14.9. The number of amides is 1. The molecule has 1 amide bonds. The number of aryl methyl sites for hydroxylation is 1. The maximum absolute atomic E-state index is 13.9. The van der Waals surface area contributed by atoms with Crippen LogP contribution in [0.2, 0.25) is 0 Å². The zero-order valence-corrected chi connectivity index (χ0v) is 14.9. The Hall–Kier alpha value is -3.29. The van der Waals surface area contributed by atoms with Crippen LogP contribution in [0.4, 0.5) is 10.1 Å². The van der Waals surface area contributed by atoms with Gasteiger partial charge in [-0.1, -0.05) is 12.1 Å². The Kier molecular flexibility index (Phi) is 6.09. The van der Waals surface area contributed by atoms with Gasteiger partial charge in [0.1, 0.15) is 17.9 Å². The summed E-state index contributed by atoms with van der Waals surface area (Å²) in [5.74, 6) is 0.0576. The third-order valence-electron chi connectivity index (χ3n) is 3.89. The number of unbranched alkanes of at least 4 members (excludes halogenated alkanes) is 1. The molecule has 0 saturated carbocycles. The van der Waals surface area contributed by atoms with Crippen molar-refractivity contribution in [1.29, 1.82) is 0 Å². The Morgan fingerprint density at radius 2 is 2.11 bits per heavy atom. The van der Waals surface area contributed by atoms with Crippen molar-refractivity contribution in [2.45, 2.75) is 26.2 Å². The van der Waals surface area contributed by atoms with E-state index in [4.69, 9.17) is 4.74 Å². The minimum absolute atomic E-state index is 0.101. The van der Waals surface area contributed by atoms with Crippen LogP contribution in [-0.4, -0.2) is 32.7 Å². The molecule has 0 aliphatic heterocycles. The van der Waals surface area contributed by atoms with Crippen molar-refractivity contribution < 1.29 is 13.9 Å². The summed E-state index contributed by atoms with van der Waals surface area (Å²) < 4.78 is 21.0. The topological polar surface area (TPSA) is 81.9 Å². The van der Waals surface area contributed by atoms with Gasteiger partial charge in [0.25, 0.3) is 0 Å². The number of tetrazole rings is 1. The van der Waals surface area contributed by atoms with Gasteiger partial charge in [-0.2, -0.15) is 0 Å². The molecule has 0 radical (unpaired) electrons. The summed E-state index contributed by atoms with van der Waals surface area (Å²) in [4.78, 5) is 12.1. The summed E-state index contributed by atoms with van der Waals surface area (Å²) >= 11 is 0. The molecule has 27 heavy (non-hydrogen) atoms. The quantitative estimate of drug-likeness (QED) is 0.616. The molecule has 0 atom stereocenters. The van der Waals surface area contributed by atoms with E-state index in [0.29, 0.717) is 18.7 Å². The van der Waals surface area contributed by atoms with Gasteiger partial charge < -0.3 is 10.1 Å². The molecular formula is C19H20FN5O2. The van der Waals surface area contributed by atoms with Crippen LogP contribution in [0, 0.1) is 12.7 Å². The van der Waals surface area contributed by atoms with Gasteiger partial charge in [-0.3, -0.25) is 4.79 Å². The highest BCUT2D eigenvalue weighted by Crippen LogP contribution is 2.19. The zero-order chi connectivity index (χ0) is 19.1. The maximum atomic E-state index is 13.9. The van der Waals surface area contributed by atoms with Gasteiger partial charge in [-0.05, 0) is 66.1 Å². The Bertz CT molecular complexity index is 899. The predicted octanol–water partition coefficient (Wildman–Crippen LogP) is 3.30. The van der Waals surface area contributed by atoms with Gasteiger partial charge in [0.05, 0.1) is 18.0 Å². The summed E-state index contributed by atoms with van der Waals surface area (Å²) in [6, 6.07) is 12.1. The minimum Gasteiger partial charge on any atom is -0.494 e. The van der Waals surface area contributed by atoms with E-state index in [-0.39, 0.29) is 18.0 Å². The Morgan fingerprint density at radius 3 is 2.89 bits per heavy atom. The first-order valence-corrected chi connectivity index (χ1v) is 8.64. The number of anilines is 1. The molecule has 2 aromatic carbocycles. The number of hydrogen-bond acceptors (Lipinski definition) is 5. The molecular weight excluding hydrogens is 349 g/mol. The second kappa shape index (κ2) is 8.88. The molecule has 0 bridgehead atoms. The van der Waals surface area contributed by atoms with E-state index in [9.17, 15) is 9.18 Å². The number of carbonyl (C=O) groups excluding carboxylic acids is 1. The van der Waals surface area contributed by atoms with Gasteiger partial charge in [0.2, 0.25) is 5.91 Å². The fraction of sp³-hybridized carbons (Fsp3) is 0.263. The molecule has 140 valence electrons. The van der Waals surface area contributed by atoms with Crippen LogP contribution in [0.5, 0.6) is 5.75 Å². The molecule has 0 saturated heterocycles. The monoisotopic (exact) mass is 369 g/mol. The number of rotatable bonds is 8. The first kappa shape index (κ1) is 18.5. The average Bonchev–Trinajstić information content (AvgIpc) is 3.18.